The van der Waals surface area contributed by atoms with Crippen LogP contribution in [0.15, 0.2) is 30.3 Å². The van der Waals surface area contributed by atoms with Gasteiger partial charge in [-0.15, -0.1) is 0 Å². The molecule has 2 heteroatoms. The lowest BCUT2D eigenvalue weighted by atomic mass is 9.90. The standard InChI is InChI=1S/C12H16N2/c13-10-5-3-4-9(8-10)11-6-1-2-7-12(11)14/h1-2,6-8,10H,3-5,13-14H2. The average Bonchev–Trinajstić information content (AvgIpc) is 2.18. The highest BCUT2D eigenvalue weighted by molar-refractivity contribution is 5.75. The van der Waals surface area contributed by atoms with Gasteiger partial charge < -0.3 is 11.5 Å². The van der Waals surface area contributed by atoms with Crippen molar-refractivity contribution in [1.82, 2.24) is 0 Å². The average molecular weight is 188 g/mol. The summed E-state index contributed by atoms with van der Waals surface area (Å²) in [5, 5.41) is 0. The van der Waals surface area contributed by atoms with E-state index in [2.05, 4.69) is 12.1 Å². The number of allylic oxidation sites excluding steroid dienone is 1. The fraction of sp³-hybridized carbons (Fsp3) is 0.333. The summed E-state index contributed by atoms with van der Waals surface area (Å²) in [4.78, 5) is 0. The lowest BCUT2D eigenvalue weighted by molar-refractivity contribution is 0.654. The predicted octanol–water partition coefficient (Wildman–Crippen LogP) is 2.16. The van der Waals surface area contributed by atoms with Gasteiger partial charge in [0.2, 0.25) is 0 Å². The van der Waals surface area contributed by atoms with E-state index in [-0.39, 0.29) is 6.04 Å². The zero-order chi connectivity index (χ0) is 9.97. The summed E-state index contributed by atoms with van der Waals surface area (Å²) < 4.78 is 0. The highest BCUT2D eigenvalue weighted by atomic mass is 14.6. The van der Waals surface area contributed by atoms with Crippen LogP contribution in [0.3, 0.4) is 0 Å². The maximum Gasteiger partial charge on any atom is 0.0390 e. The molecule has 1 aromatic carbocycles. The van der Waals surface area contributed by atoms with Gasteiger partial charge in [-0.3, -0.25) is 0 Å². The fourth-order valence-corrected chi connectivity index (χ4v) is 1.97. The first kappa shape index (κ1) is 9.28. The smallest absolute Gasteiger partial charge is 0.0390 e. The van der Waals surface area contributed by atoms with E-state index in [9.17, 15) is 0 Å². The molecule has 0 heterocycles. The molecule has 0 radical (unpaired) electrons. The van der Waals surface area contributed by atoms with E-state index in [0.717, 1.165) is 24.1 Å². The number of anilines is 1. The van der Waals surface area contributed by atoms with Crippen LogP contribution in [0.2, 0.25) is 0 Å². The molecule has 0 amide bonds. The van der Waals surface area contributed by atoms with Gasteiger partial charge in [-0.2, -0.15) is 0 Å². The number of hydrogen-bond acceptors (Lipinski definition) is 2. The Balaban J connectivity index is 2.35. The van der Waals surface area contributed by atoms with Crippen molar-refractivity contribution < 1.29 is 0 Å². The van der Waals surface area contributed by atoms with Crippen LogP contribution in [-0.2, 0) is 0 Å². The molecule has 0 saturated carbocycles. The van der Waals surface area contributed by atoms with Crippen LogP contribution in [0.4, 0.5) is 5.69 Å². The van der Waals surface area contributed by atoms with E-state index in [4.69, 9.17) is 11.5 Å². The molecule has 0 aromatic heterocycles. The first-order valence-corrected chi connectivity index (χ1v) is 5.08. The molecule has 0 fully saturated rings. The topological polar surface area (TPSA) is 52.0 Å². The van der Waals surface area contributed by atoms with E-state index in [1.54, 1.807) is 0 Å². The van der Waals surface area contributed by atoms with Gasteiger partial charge in [0.1, 0.15) is 0 Å². The highest BCUT2D eigenvalue weighted by Crippen LogP contribution is 2.29. The van der Waals surface area contributed by atoms with Crippen LogP contribution in [0, 0.1) is 0 Å². The molecule has 1 aliphatic carbocycles. The van der Waals surface area contributed by atoms with Crippen LogP contribution in [0.1, 0.15) is 24.8 Å². The number of nitrogens with two attached hydrogens (primary N) is 2. The van der Waals surface area contributed by atoms with Gasteiger partial charge >= 0.3 is 0 Å². The van der Waals surface area contributed by atoms with E-state index >= 15 is 0 Å². The summed E-state index contributed by atoms with van der Waals surface area (Å²) >= 11 is 0. The molecule has 2 rings (SSSR count). The molecule has 1 unspecified atom stereocenters. The van der Waals surface area contributed by atoms with Crippen molar-refractivity contribution in [3.05, 3.63) is 35.9 Å². The quantitative estimate of drug-likeness (QED) is 0.663. The van der Waals surface area contributed by atoms with Gasteiger partial charge in [-0.05, 0) is 30.9 Å². The molecule has 0 saturated heterocycles. The largest absolute Gasteiger partial charge is 0.398 e. The number of hydrogen-bond donors (Lipinski definition) is 2. The fourth-order valence-electron chi connectivity index (χ4n) is 1.97. The molecule has 14 heavy (non-hydrogen) atoms. The third-order valence-corrected chi connectivity index (χ3v) is 2.71. The molecule has 0 bridgehead atoms. The molecule has 2 nitrogen and oxygen atoms in total. The van der Waals surface area contributed by atoms with Crippen LogP contribution in [-0.4, -0.2) is 6.04 Å². The molecule has 1 aliphatic rings. The summed E-state index contributed by atoms with van der Waals surface area (Å²) in [6.07, 6.45) is 5.51. The zero-order valence-corrected chi connectivity index (χ0v) is 8.24. The van der Waals surface area contributed by atoms with E-state index < -0.39 is 0 Å². The monoisotopic (exact) mass is 188 g/mol. The van der Waals surface area contributed by atoms with Crippen LogP contribution in [0.25, 0.3) is 5.57 Å². The zero-order valence-electron chi connectivity index (χ0n) is 8.24. The Hall–Kier alpha value is -1.28. The Bertz CT molecular complexity index is 355. The lowest BCUT2D eigenvalue weighted by Crippen LogP contribution is -2.20. The van der Waals surface area contributed by atoms with Gasteiger partial charge in [-0.1, -0.05) is 24.3 Å². The van der Waals surface area contributed by atoms with Crippen molar-refractivity contribution in [3.63, 3.8) is 0 Å². The Labute approximate surface area is 84.6 Å². The maximum atomic E-state index is 5.92. The van der Waals surface area contributed by atoms with Crippen molar-refractivity contribution >= 4 is 11.3 Å². The second kappa shape index (κ2) is 3.84. The Morgan fingerprint density at radius 2 is 2.00 bits per heavy atom. The Morgan fingerprint density at radius 1 is 1.21 bits per heavy atom. The number of para-hydroxylation sites is 1. The second-order valence-corrected chi connectivity index (χ2v) is 3.84. The summed E-state index contributed by atoms with van der Waals surface area (Å²) in [7, 11) is 0. The Morgan fingerprint density at radius 3 is 2.71 bits per heavy atom. The number of rotatable bonds is 1. The summed E-state index contributed by atoms with van der Waals surface area (Å²) in [5.74, 6) is 0. The van der Waals surface area contributed by atoms with E-state index in [1.165, 1.54) is 12.0 Å². The maximum absolute atomic E-state index is 5.92. The molecule has 1 atom stereocenters. The predicted molar refractivity (Wildman–Crippen MR) is 60.7 cm³/mol. The molecule has 1 aromatic rings. The molecule has 74 valence electrons. The first-order valence-electron chi connectivity index (χ1n) is 5.08. The lowest BCUT2D eigenvalue weighted by Gasteiger charge is -2.18. The third kappa shape index (κ3) is 1.80. The minimum atomic E-state index is 0.207. The van der Waals surface area contributed by atoms with Crippen molar-refractivity contribution in [2.75, 3.05) is 5.73 Å². The van der Waals surface area contributed by atoms with Crippen LogP contribution < -0.4 is 11.5 Å². The first-order chi connectivity index (χ1) is 6.77. The molecular weight excluding hydrogens is 172 g/mol. The summed E-state index contributed by atoms with van der Waals surface area (Å²) in [6.45, 7) is 0. The van der Waals surface area contributed by atoms with Crippen molar-refractivity contribution in [2.24, 2.45) is 5.73 Å². The molecule has 0 spiro atoms. The minimum absolute atomic E-state index is 0.207. The summed E-state index contributed by atoms with van der Waals surface area (Å²) in [5.41, 5.74) is 15.1. The Kier molecular flexibility index (Phi) is 2.55. The second-order valence-electron chi connectivity index (χ2n) is 3.84. The van der Waals surface area contributed by atoms with Gasteiger partial charge in [0.05, 0.1) is 0 Å². The van der Waals surface area contributed by atoms with Gasteiger partial charge in [0, 0.05) is 17.3 Å². The van der Waals surface area contributed by atoms with Gasteiger partial charge in [0.15, 0.2) is 0 Å². The SMILES string of the molecule is Nc1ccccc1C1=CC(N)CCC1. The van der Waals surface area contributed by atoms with E-state index in [0.29, 0.717) is 0 Å². The normalized spacial score (nSPS) is 21.8. The van der Waals surface area contributed by atoms with Crippen LogP contribution in [0.5, 0.6) is 0 Å². The molecule has 0 aliphatic heterocycles. The van der Waals surface area contributed by atoms with Gasteiger partial charge in [0.25, 0.3) is 0 Å². The number of benzene rings is 1. The van der Waals surface area contributed by atoms with Crippen molar-refractivity contribution in [2.45, 2.75) is 25.3 Å². The third-order valence-electron chi connectivity index (χ3n) is 2.71. The minimum Gasteiger partial charge on any atom is -0.398 e. The highest BCUT2D eigenvalue weighted by Gasteiger charge is 2.12. The summed E-state index contributed by atoms with van der Waals surface area (Å²) in [6, 6.07) is 8.20. The number of nitrogen functional groups attached to an aromatic ring is 1. The van der Waals surface area contributed by atoms with Gasteiger partial charge in [-0.25, -0.2) is 0 Å². The molecular formula is C12H16N2. The van der Waals surface area contributed by atoms with Crippen LogP contribution >= 0.6 is 0 Å². The van der Waals surface area contributed by atoms with Crippen molar-refractivity contribution in [3.8, 4) is 0 Å². The van der Waals surface area contributed by atoms with Crippen molar-refractivity contribution in [1.29, 1.82) is 0 Å². The molecule has 4 N–H and O–H groups in total. The van der Waals surface area contributed by atoms with E-state index in [1.807, 2.05) is 18.2 Å².